The Bertz CT molecular complexity index is 421. The van der Waals surface area contributed by atoms with Gasteiger partial charge in [0.1, 0.15) is 11.8 Å². The number of hydrogen-bond acceptors (Lipinski definition) is 3. The zero-order valence-corrected chi connectivity index (χ0v) is 7.90. The van der Waals surface area contributed by atoms with Gasteiger partial charge >= 0.3 is 0 Å². The van der Waals surface area contributed by atoms with Crippen LogP contribution in [0.5, 0.6) is 0 Å². The third-order valence-electron chi connectivity index (χ3n) is 2.28. The van der Waals surface area contributed by atoms with Crippen LogP contribution in [0.3, 0.4) is 0 Å². The summed E-state index contributed by atoms with van der Waals surface area (Å²) in [5.41, 5.74) is 1.76. The van der Waals surface area contributed by atoms with Gasteiger partial charge in [-0.3, -0.25) is 0 Å². The molecule has 2 aromatic rings. The van der Waals surface area contributed by atoms with Crippen molar-refractivity contribution in [3.63, 3.8) is 0 Å². The minimum Gasteiger partial charge on any atom is -0.393 e. The summed E-state index contributed by atoms with van der Waals surface area (Å²) < 4.78 is 5.15. The van der Waals surface area contributed by atoms with E-state index < -0.39 is 0 Å². The Balaban J connectivity index is 2.51. The van der Waals surface area contributed by atoms with E-state index in [4.69, 9.17) is 9.84 Å². The molecule has 0 spiro atoms. The molecule has 2 rings (SSSR count). The number of hydrogen-bond donors (Lipinski definition) is 2. The van der Waals surface area contributed by atoms with E-state index in [0.29, 0.717) is 0 Å². The molecule has 74 valence electrons. The molecule has 0 bridgehead atoms. The molecular weight excluding hydrogens is 180 g/mol. The van der Waals surface area contributed by atoms with Gasteiger partial charge in [0.2, 0.25) is 0 Å². The van der Waals surface area contributed by atoms with Gasteiger partial charge in [-0.15, -0.1) is 0 Å². The van der Waals surface area contributed by atoms with Crippen molar-refractivity contribution in [1.29, 1.82) is 0 Å². The van der Waals surface area contributed by atoms with E-state index in [2.05, 4.69) is 9.97 Å². The van der Waals surface area contributed by atoms with Crippen LogP contribution >= 0.6 is 0 Å². The van der Waals surface area contributed by atoms with Crippen LogP contribution in [-0.4, -0.2) is 28.8 Å². The number of methoxy groups -OCH3 is 1. The number of aromatic nitrogens is 2. The Morgan fingerprint density at radius 3 is 3.21 bits per heavy atom. The first-order valence-corrected chi connectivity index (χ1v) is 4.42. The van der Waals surface area contributed by atoms with Crippen LogP contribution in [0.2, 0.25) is 0 Å². The number of aliphatic hydroxyl groups excluding tert-OH is 1. The topological polar surface area (TPSA) is 58.1 Å². The lowest BCUT2D eigenvalue weighted by atomic mass is 10.1. The summed E-state index contributed by atoms with van der Waals surface area (Å²) in [6, 6.07) is 3.82. The molecule has 0 aliphatic heterocycles. The lowest BCUT2D eigenvalue weighted by Gasteiger charge is -2.10. The summed E-state index contributed by atoms with van der Waals surface area (Å²) in [5.74, 6) is 0. The first kappa shape index (κ1) is 9.18. The normalized spacial score (nSPS) is 13.3. The molecule has 0 saturated carbocycles. The summed E-state index contributed by atoms with van der Waals surface area (Å²) in [6.45, 7) is -0.0294. The van der Waals surface area contributed by atoms with Gasteiger partial charge in [-0.1, -0.05) is 0 Å². The standard InChI is InChI=1S/C10H12N2O2/c1-14-9(6-13)8-5-12-10-7(8)3-2-4-11-10/h2-5,9,13H,6H2,1H3,(H,11,12). The molecule has 0 saturated heterocycles. The van der Waals surface area contributed by atoms with Crippen molar-refractivity contribution in [2.45, 2.75) is 6.10 Å². The first-order valence-electron chi connectivity index (χ1n) is 4.42. The quantitative estimate of drug-likeness (QED) is 0.769. The van der Waals surface area contributed by atoms with Crippen molar-refractivity contribution in [3.05, 3.63) is 30.1 Å². The van der Waals surface area contributed by atoms with Gasteiger partial charge in [0, 0.05) is 30.5 Å². The summed E-state index contributed by atoms with van der Waals surface area (Å²) in [6.07, 6.45) is 3.26. The lowest BCUT2D eigenvalue weighted by molar-refractivity contribution is 0.0494. The van der Waals surface area contributed by atoms with Gasteiger partial charge in [-0.25, -0.2) is 4.98 Å². The van der Waals surface area contributed by atoms with Gasteiger partial charge in [0.25, 0.3) is 0 Å². The predicted octanol–water partition coefficient (Wildman–Crippen LogP) is 1.24. The van der Waals surface area contributed by atoms with E-state index in [1.54, 1.807) is 13.3 Å². The summed E-state index contributed by atoms with van der Waals surface area (Å²) in [4.78, 5) is 7.20. The number of nitrogens with zero attached hydrogens (tertiary/aromatic N) is 1. The Kier molecular flexibility index (Phi) is 2.47. The van der Waals surface area contributed by atoms with Gasteiger partial charge in [-0.2, -0.15) is 0 Å². The van der Waals surface area contributed by atoms with Crippen molar-refractivity contribution in [3.8, 4) is 0 Å². The second-order valence-electron chi connectivity index (χ2n) is 3.05. The number of rotatable bonds is 3. The molecule has 0 aromatic carbocycles. The monoisotopic (exact) mass is 192 g/mol. The molecule has 4 heteroatoms. The molecule has 0 radical (unpaired) electrons. The molecular formula is C10H12N2O2. The highest BCUT2D eigenvalue weighted by molar-refractivity contribution is 5.79. The number of pyridine rings is 1. The Labute approximate surface area is 81.5 Å². The number of H-pyrrole nitrogens is 1. The SMILES string of the molecule is COC(CO)c1c[nH]c2ncccc12. The van der Waals surface area contributed by atoms with Crippen LogP contribution in [0.4, 0.5) is 0 Å². The lowest BCUT2D eigenvalue weighted by Crippen LogP contribution is -2.05. The van der Waals surface area contributed by atoms with E-state index in [0.717, 1.165) is 16.6 Å². The van der Waals surface area contributed by atoms with Crippen molar-refractivity contribution in [1.82, 2.24) is 9.97 Å². The average molecular weight is 192 g/mol. The minimum atomic E-state index is -0.284. The van der Waals surface area contributed by atoms with Crippen molar-refractivity contribution in [2.24, 2.45) is 0 Å². The van der Waals surface area contributed by atoms with E-state index in [1.807, 2.05) is 18.3 Å². The molecule has 1 unspecified atom stereocenters. The molecule has 2 heterocycles. The molecule has 1 atom stereocenters. The molecule has 0 aliphatic carbocycles. The third kappa shape index (κ3) is 1.38. The molecule has 4 nitrogen and oxygen atoms in total. The van der Waals surface area contributed by atoms with E-state index in [9.17, 15) is 0 Å². The predicted molar refractivity (Wildman–Crippen MR) is 52.9 cm³/mol. The van der Waals surface area contributed by atoms with Crippen molar-refractivity contribution < 1.29 is 9.84 Å². The fraction of sp³-hybridized carbons (Fsp3) is 0.300. The van der Waals surface area contributed by atoms with Gasteiger partial charge < -0.3 is 14.8 Å². The van der Waals surface area contributed by atoms with Crippen LogP contribution in [-0.2, 0) is 4.74 Å². The first-order chi connectivity index (χ1) is 6.86. The highest BCUT2D eigenvalue weighted by Crippen LogP contribution is 2.24. The maximum atomic E-state index is 9.10. The summed E-state index contributed by atoms with van der Waals surface area (Å²) in [7, 11) is 1.58. The fourth-order valence-corrected chi connectivity index (χ4v) is 1.54. The zero-order valence-electron chi connectivity index (χ0n) is 7.90. The molecule has 0 amide bonds. The van der Waals surface area contributed by atoms with Crippen LogP contribution < -0.4 is 0 Å². The van der Waals surface area contributed by atoms with Crippen LogP contribution in [0.1, 0.15) is 11.7 Å². The number of fused-ring (bicyclic) bond motifs is 1. The van der Waals surface area contributed by atoms with Gasteiger partial charge in [0.15, 0.2) is 0 Å². The Morgan fingerprint density at radius 1 is 1.64 bits per heavy atom. The zero-order chi connectivity index (χ0) is 9.97. The van der Waals surface area contributed by atoms with Crippen LogP contribution in [0.15, 0.2) is 24.5 Å². The largest absolute Gasteiger partial charge is 0.393 e. The smallest absolute Gasteiger partial charge is 0.137 e. The molecule has 0 fully saturated rings. The van der Waals surface area contributed by atoms with E-state index in [1.165, 1.54) is 0 Å². The molecule has 2 aromatic heterocycles. The maximum Gasteiger partial charge on any atom is 0.137 e. The second kappa shape index (κ2) is 3.77. The summed E-state index contributed by atoms with van der Waals surface area (Å²) in [5, 5.41) is 10.1. The minimum absolute atomic E-state index is 0.0294. The number of aromatic amines is 1. The van der Waals surface area contributed by atoms with Crippen LogP contribution in [0, 0.1) is 0 Å². The Hall–Kier alpha value is -1.39. The fourth-order valence-electron chi connectivity index (χ4n) is 1.54. The Morgan fingerprint density at radius 2 is 2.50 bits per heavy atom. The highest BCUT2D eigenvalue weighted by Gasteiger charge is 2.13. The average Bonchev–Trinajstić information content (AvgIpc) is 2.65. The van der Waals surface area contributed by atoms with Crippen molar-refractivity contribution in [2.75, 3.05) is 13.7 Å². The number of aliphatic hydroxyl groups is 1. The summed E-state index contributed by atoms with van der Waals surface area (Å²) >= 11 is 0. The molecule has 14 heavy (non-hydrogen) atoms. The highest BCUT2D eigenvalue weighted by atomic mass is 16.5. The molecule has 2 N–H and O–H groups in total. The van der Waals surface area contributed by atoms with E-state index >= 15 is 0 Å². The van der Waals surface area contributed by atoms with Crippen molar-refractivity contribution >= 4 is 11.0 Å². The third-order valence-corrected chi connectivity index (χ3v) is 2.28. The second-order valence-corrected chi connectivity index (χ2v) is 3.05. The van der Waals surface area contributed by atoms with Crippen LogP contribution in [0.25, 0.3) is 11.0 Å². The van der Waals surface area contributed by atoms with Gasteiger partial charge in [0.05, 0.1) is 6.61 Å². The number of ether oxygens (including phenoxy) is 1. The van der Waals surface area contributed by atoms with Gasteiger partial charge in [-0.05, 0) is 12.1 Å². The maximum absolute atomic E-state index is 9.10. The molecule has 0 aliphatic rings. The number of nitrogens with one attached hydrogen (secondary N) is 1. The van der Waals surface area contributed by atoms with E-state index in [-0.39, 0.29) is 12.7 Å².